The van der Waals surface area contributed by atoms with E-state index in [1.165, 1.54) is 23.1 Å². The number of rotatable bonds is 0. The number of allylic oxidation sites excluding steroid dienone is 8. The van der Waals surface area contributed by atoms with E-state index < -0.39 is 0 Å². The molecule has 2 aliphatic carbocycles. The highest BCUT2D eigenvalue weighted by atomic mass is 13.9. The summed E-state index contributed by atoms with van der Waals surface area (Å²) in [5.74, 6) is 0. The van der Waals surface area contributed by atoms with Gasteiger partial charge in [0.2, 0.25) is 0 Å². The van der Waals surface area contributed by atoms with Crippen LogP contribution in [0.1, 0.15) is 47.1 Å². The van der Waals surface area contributed by atoms with Gasteiger partial charge in [-0.1, -0.05) is 98.4 Å². The quantitative estimate of drug-likeness (QED) is 0.478. The number of aryl methyl sites for hydroxylation is 1. The molecule has 0 N–H and O–H groups in total. The van der Waals surface area contributed by atoms with Crippen molar-refractivity contribution in [3.05, 3.63) is 83.5 Å². The highest BCUT2D eigenvalue weighted by molar-refractivity contribution is 5.23. The fourth-order valence-electron chi connectivity index (χ4n) is 1.66. The maximum atomic E-state index is 2.21. The minimum absolute atomic E-state index is 0. The van der Waals surface area contributed by atoms with Crippen molar-refractivity contribution in [3.8, 4) is 0 Å². The van der Waals surface area contributed by atoms with Gasteiger partial charge in [-0.2, -0.15) is 0 Å². The normalized spacial score (nSPS) is 13.5. The van der Waals surface area contributed by atoms with Gasteiger partial charge in [0.25, 0.3) is 0 Å². The molecule has 0 radical (unpaired) electrons. The van der Waals surface area contributed by atoms with Crippen molar-refractivity contribution in [1.29, 1.82) is 0 Å². The Morgan fingerprint density at radius 2 is 1.52 bits per heavy atom. The minimum atomic E-state index is 0. The molecule has 21 heavy (non-hydrogen) atoms. The first-order valence-corrected chi connectivity index (χ1v) is 6.86. The van der Waals surface area contributed by atoms with Crippen molar-refractivity contribution >= 4 is 0 Å². The van der Waals surface area contributed by atoms with Gasteiger partial charge >= 0.3 is 0 Å². The molecule has 0 aliphatic heterocycles. The first-order valence-electron chi connectivity index (χ1n) is 6.86. The van der Waals surface area contributed by atoms with Gasteiger partial charge in [-0.3, -0.25) is 0 Å². The van der Waals surface area contributed by atoms with Crippen molar-refractivity contribution < 1.29 is 0 Å². The molecule has 0 spiro atoms. The van der Waals surface area contributed by atoms with Crippen LogP contribution in [0.25, 0.3) is 0 Å². The fraction of sp³-hybridized carbons (Fsp3) is 0.333. The summed E-state index contributed by atoms with van der Waals surface area (Å²) in [5.41, 5.74) is 4.19. The van der Waals surface area contributed by atoms with Crippen LogP contribution in [0.3, 0.4) is 0 Å². The molecule has 1 aromatic rings. The Hall–Kier alpha value is -1.82. The summed E-state index contributed by atoms with van der Waals surface area (Å²) in [6.45, 7) is 6.34. The summed E-state index contributed by atoms with van der Waals surface area (Å²) in [5, 5.41) is 0. The predicted molar refractivity (Wildman–Crippen MR) is 99.7 cm³/mol. The Kier molecular flexibility index (Phi) is 13.5. The summed E-state index contributed by atoms with van der Waals surface area (Å²) in [4.78, 5) is 0. The molecular formula is C21H32. The van der Waals surface area contributed by atoms with E-state index in [-0.39, 0.29) is 14.9 Å². The topological polar surface area (TPSA) is 0 Å². The second kappa shape index (κ2) is 13.2. The molecule has 3 rings (SSSR count). The smallest absolute Gasteiger partial charge is 0.0135 e. The van der Waals surface area contributed by atoms with E-state index in [1.807, 2.05) is 18.2 Å². The van der Waals surface area contributed by atoms with Crippen molar-refractivity contribution in [1.82, 2.24) is 0 Å². The lowest BCUT2D eigenvalue weighted by Gasteiger charge is -1.82. The third kappa shape index (κ3) is 11.7. The zero-order valence-electron chi connectivity index (χ0n) is 12.3. The molecule has 0 heteroatoms. The summed E-state index contributed by atoms with van der Waals surface area (Å²) in [6, 6.07) is 10.3. The Labute approximate surface area is 132 Å². The van der Waals surface area contributed by atoms with Crippen LogP contribution in [0.4, 0.5) is 0 Å². The van der Waals surface area contributed by atoms with Gasteiger partial charge in [-0.05, 0) is 33.6 Å². The molecule has 0 heterocycles. The Morgan fingerprint density at radius 1 is 0.857 bits per heavy atom. The molecule has 0 fully saturated rings. The van der Waals surface area contributed by atoms with Crippen molar-refractivity contribution in [2.24, 2.45) is 0 Å². The van der Waals surface area contributed by atoms with Crippen LogP contribution < -0.4 is 0 Å². The highest BCUT2D eigenvalue weighted by Crippen LogP contribution is 2.06. The largest absolute Gasteiger partial charge is 0.0805 e. The monoisotopic (exact) mass is 284 g/mol. The molecule has 0 saturated carbocycles. The summed E-state index contributed by atoms with van der Waals surface area (Å²) < 4.78 is 0. The molecule has 116 valence electrons. The maximum absolute atomic E-state index is 2.21. The molecule has 0 saturated heterocycles. The average molecular weight is 284 g/mol. The van der Waals surface area contributed by atoms with E-state index >= 15 is 0 Å². The minimum Gasteiger partial charge on any atom is -0.0805 e. The maximum Gasteiger partial charge on any atom is -0.0135 e. The van der Waals surface area contributed by atoms with Crippen molar-refractivity contribution in [2.75, 3.05) is 0 Å². The van der Waals surface area contributed by atoms with Crippen LogP contribution in [0.15, 0.2) is 77.9 Å². The fourth-order valence-corrected chi connectivity index (χ4v) is 1.66. The molecular weight excluding hydrogens is 252 g/mol. The van der Waals surface area contributed by atoms with Crippen molar-refractivity contribution in [3.63, 3.8) is 0 Å². The van der Waals surface area contributed by atoms with Gasteiger partial charge in [0.1, 0.15) is 0 Å². The first kappa shape index (κ1) is 21.5. The van der Waals surface area contributed by atoms with Gasteiger partial charge in [-0.15, -0.1) is 0 Å². The molecule has 0 aromatic heterocycles. The SMILES string of the molecule is C.C.CC1=CC=CC1.CC1=CCC=C1.Cc1ccccc1. The van der Waals surface area contributed by atoms with Gasteiger partial charge in [0, 0.05) is 0 Å². The summed E-state index contributed by atoms with van der Waals surface area (Å²) >= 11 is 0. The molecule has 0 bridgehead atoms. The summed E-state index contributed by atoms with van der Waals surface area (Å²) in [7, 11) is 0. The number of benzene rings is 1. The van der Waals surface area contributed by atoms with Crippen LogP contribution in [0, 0.1) is 6.92 Å². The Morgan fingerprint density at radius 3 is 1.71 bits per heavy atom. The molecule has 0 amide bonds. The Bertz CT molecular complexity index is 467. The zero-order chi connectivity index (χ0) is 13.9. The van der Waals surface area contributed by atoms with E-state index in [4.69, 9.17) is 0 Å². The second-order valence-electron chi connectivity index (χ2n) is 4.89. The third-order valence-electron chi connectivity index (χ3n) is 2.85. The lowest BCUT2D eigenvalue weighted by atomic mass is 10.2. The van der Waals surface area contributed by atoms with E-state index in [0.717, 1.165) is 6.42 Å². The molecule has 2 aliphatic rings. The van der Waals surface area contributed by atoms with Crippen LogP contribution in [-0.2, 0) is 0 Å². The molecule has 0 unspecified atom stereocenters. The standard InChI is InChI=1S/C7H8.2C6H8.2CH4/c1-7-5-3-2-4-6-7;2*1-6-4-2-3-5-6;;/h2-6H,1H3;2,4-5H,3H2,1H3;2-4H,5H2,1H3;2*1H4. The van der Waals surface area contributed by atoms with Crippen LogP contribution >= 0.6 is 0 Å². The zero-order valence-corrected chi connectivity index (χ0v) is 12.3. The van der Waals surface area contributed by atoms with Crippen LogP contribution in [-0.4, -0.2) is 0 Å². The van der Waals surface area contributed by atoms with Gasteiger partial charge in [0.05, 0.1) is 0 Å². The van der Waals surface area contributed by atoms with Crippen LogP contribution in [0.2, 0.25) is 0 Å². The first-order chi connectivity index (χ1) is 9.18. The van der Waals surface area contributed by atoms with Crippen LogP contribution in [0.5, 0.6) is 0 Å². The predicted octanol–water partition coefficient (Wildman–Crippen LogP) is 7.05. The molecule has 1 aromatic carbocycles. The lowest BCUT2D eigenvalue weighted by molar-refractivity contribution is 1.25. The molecule has 0 nitrogen and oxygen atoms in total. The number of hydrogen-bond acceptors (Lipinski definition) is 0. The highest BCUT2D eigenvalue weighted by Gasteiger charge is 1.86. The van der Waals surface area contributed by atoms with Gasteiger partial charge < -0.3 is 0 Å². The Balaban J connectivity index is 0. The number of hydrogen-bond donors (Lipinski definition) is 0. The summed E-state index contributed by atoms with van der Waals surface area (Å²) in [6.07, 6.45) is 15.2. The second-order valence-corrected chi connectivity index (χ2v) is 4.89. The van der Waals surface area contributed by atoms with E-state index in [9.17, 15) is 0 Å². The lowest BCUT2D eigenvalue weighted by Crippen LogP contribution is -1.62. The van der Waals surface area contributed by atoms with Gasteiger partial charge in [0.15, 0.2) is 0 Å². The average Bonchev–Trinajstić information content (AvgIpc) is 3.05. The van der Waals surface area contributed by atoms with E-state index in [2.05, 4.69) is 69.4 Å². The van der Waals surface area contributed by atoms with E-state index in [0.29, 0.717) is 0 Å². The van der Waals surface area contributed by atoms with E-state index in [1.54, 1.807) is 0 Å². The van der Waals surface area contributed by atoms with Crippen molar-refractivity contribution in [2.45, 2.75) is 48.5 Å². The molecule has 0 atom stereocenters. The van der Waals surface area contributed by atoms with Gasteiger partial charge in [-0.25, -0.2) is 0 Å². The third-order valence-corrected chi connectivity index (χ3v) is 2.85.